The molecule has 2 heterocycles. The van der Waals surface area contributed by atoms with Crippen molar-refractivity contribution in [2.75, 3.05) is 50.1 Å². The van der Waals surface area contributed by atoms with Gasteiger partial charge in [-0.3, -0.25) is 4.79 Å². The molecule has 2 saturated heterocycles. The highest BCUT2D eigenvalue weighted by Gasteiger charge is 2.22. The van der Waals surface area contributed by atoms with Crippen molar-refractivity contribution in [2.45, 2.75) is 19.4 Å². The lowest BCUT2D eigenvalue weighted by Gasteiger charge is -2.36. The predicted molar refractivity (Wildman–Crippen MR) is 117 cm³/mol. The summed E-state index contributed by atoms with van der Waals surface area (Å²) < 4.78 is 5.21. The number of nitrogens with zero attached hydrogens (tertiary/aromatic N) is 3. The molecule has 2 aliphatic heterocycles. The largest absolute Gasteiger partial charge is 0.497 e. The topological polar surface area (TPSA) is 65.1 Å². The fourth-order valence-corrected chi connectivity index (χ4v) is 3.95. The Kier molecular flexibility index (Phi) is 6.07. The van der Waals surface area contributed by atoms with Crippen molar-refractivity contribution in [1.29, 1.82) is 0 Å². The van der Waals surface area contributed by atoms with E-state index < -0.39 is 0 Å². The summed E-state index contributed by atoms with van der Waals surface area (Å²) in [6.45, 7) is 4.41. The first-order valence-electron chi connectivity index (χ1n) is 10.4. The van der Waals surface area contributed by atoms with E-state index in [0.29, 0.717) is 26.1 Å². The number of ether oxygens (including phenoxy) is 1. The number of benzene rings is 2. The van der Waals surface area contributed by atoms with Crippen LogP contribution in [0.1, 0.15) is 18.4 Å². The fourth-order valence-electron chi connectivity index (χ4n) is 3.95. The second kappa shape index (κ2) is 9.07. The lowest BCUT2D eigenvalue weighted by molar-refractivity contribution is -0.128. The Morgan fingerprint density at radius 1 is 0.967 bits per heavy atom. The summed E-state index contributed by atoms with van der Waals surface area (Å²) in [4.78, 5) is 30.4. The molecule has 30 heavy (non-hydrogen) atoms. The van der Waals surface area contributed by atoms with Gasteiger partial charge in [0.1, 0.15) is 5.75 Å². The Bertz CT molecular complexity index is 874. The van der Waals surface area contributed by atoms with E-state index >= 15 is 0 Å². The number of hydrogen-bond acceptors (Lipinski definition) is 4. The van der Waals surface area contributed by atoms with Crippen LogP contribution in [0.3, 0.4) is 0 Å². The lowest BCUT2D eigenvalue weighted by Crippen LogP contribution is -2.50. The molecule has 2 fully saturated rings. The number of piperazine rings is 1. The third kappa shape index (κ3) is 4.67. The fraction of sp³-hybridized carbons (Fsp3) is 0.391. The lowest BCUT2D eigenvalue weighted by atomic mass is 10.2. The van der Waals surface area contributed by atoms with E-state index in [0.717, 1.165) is 48.7 Å². The van der Waals surface area contributed by atoms with Gasteiger partial charge in [0.25, 0.3) is 0 Å². The molecular weight excluding hydrogens is 380 g/mol. The van der Waals surface area contributed by atoms with Gasteiger partial charge in [-0.05, 0) is 48.4 Å². The van der Waals surface area contributed by atoms with Gasteiger partial charge in [-0.25, -0.2) is 4.79 Å². The zero-order chi connectivity index (χ0) is 20.9. The van der Waals surface area contributed by atoms with Gasteiger partial charge in [0.15, 0.2) is 0 Å². The smallest absolute Gasteiger partial charge is 0.321 e. The first kappa shape index (κ1) is 20.1. The summed E-state index contributed by atoms with van der Waals surface area (Å²) in [5, 5.41) is 2.98. The van der Waals surface area contributed by atoms with Gasteiger partial charge in [-0.2, -0.15) is 0 Å². The minimum absolute atomic E-state index is 0.0770. The third-order valence-electron chi connectivity index (χ3n) is 5.75. The molecule has 0 unspecified atom stereocenters. The summed E-state index contributed by atoms with van der Waals surface area (Å²) in [6.07, 6.45) is 1.60. The summed E-state index contributed by atoms with van der Waals surface area (Å²) in [7, 11) is 1.66. The Labute approximate surface area is 177 Å². The van der Waals surface area contributed by atoms with Crippen molar-refractivity contribution in [3.8, 4) is 5.75 Å². The second-order valence-corrected chi connectivity index (χ2v) is 7.72. The van der Waals surface area contributed by atoms with Crippen molar-refractivity contribution in [1.82, 2.24) is 9.80 Å². The molecule has 0 atom stereocenters. The Hall–Kier alpha value is -3.22. The number of likely N-dealkylation sites (tertiary alicyclic amines) is 1. The number of carbonyl (C=O) groups is 2. The van der Waals surface area contributed by atoms with Crippen molar-refractivity contribution in [3.05, 3.63) is 54.1 Å². The second-order valence-electron chi connectivity index (χ2n) is 7.72. The molecule has 1 N–H and O–H groups in total. The molecule has 0 bridgehead atoms. The molecule has 2 aromatic rings. The number of urea groups is 1. The standard InChI is InChI=1S/C23H28N4O3/c1-30-21-10-8-20(9-11-21)25-13-15-26(16-14-25)23(29)24-19-6-4-18(5-7-19)17-27-12-2-3-22(27)28/h4-11H,2-3,12-17H2,1H3,(H,24,29). The molecule has 0 aromatic heterocycles. The first-order valence-corrected chi connectivity index (χ1v) is 10.4. The maximum Gasteiger partial charge on any atom is 0.321 e. The highest BCUT2D eigenvalue weighted by Crippen LogP contribution is 2.21. The third-order valence-corrected chi connectivity index (χ3v) is 5.75. The van der Waals surface area contributed by atoms with Crippen LogP contribution >= 0.6 is 0 Å². The summed E-state index contributed by atoms with van der Waals surface area (Å²) >= 11 is 0. The zero-order valence-corrected chi connectivity index (χ0v) is 17.3. The zero-order valence-electron chi connectivity index (χ0n) is 17.3. The average Bonchev–Trinajstić information content (AvgIpc) is 3.19. The monoisotopic (exact) mass is 408 g/mol. The van der Waals surface area contributed by atoms with Crippen molar-refractivity contribution in [3.63, 3.8) is 0 Å². The molecule has 2 aromatic carbocycles. The minimum Gasteiger partial charge on any atom is -0.497 e. The quantitative estimate of drug-likeness (QED) is 0.825. The van der Waals surface area contributed by atoms with E-state index in [2.05, 4.69) is 10.2 Å². The minimum atomic E-state index is -0.0770. The van der Waals surface area contributed by atoms with E-state index in [1.54, 1.807) is 7.11 Å². The number of carbonyl (C=O) groups excluding carboxylic acids is 2. The van der Waals surface area contributed by atoms with Gasteiger partial charge in [0, 0.05) is 57.1 Å². The predicted octanol–water partition coefficient (Wildman–Crippen LogP) is 3.17. The van der Waals surface area contributed by atoms with E-state index in [9.17, 15) is 9.59 Å². The van der Waals surface area contributed by atoms with Crippen LogP contribution in [0.2, 0.25) is 0 Å². The van der Waals surface area contributed by atoms with E-state index in [1.807, 2.05) is 58.3 Å². The van der Waals surface area contributed by atoms with Crippen LogP contribution in [0.15, 0.2) is 48.5 Å². The van der Waals surface area contributed by atoms with Gasteiger partial charge >= 0.3 is 6.03 Å². The molecule has 3 amide bonds. The summed E-state index contributed by atoms with van der Waals surface area (Å²) in [5.74, 6) is 1.07. The number of methoxy groups -OCH3 is 1. The first-order chi connectivity index (χ1) is 14.6. The van der Waals surface area contributed by atoms with Gasteiger partial charge in [-0.15, -0.1) is 0 Å². The molecule has 4 rings (SSSR count). The SMILES string of the molecule is COc1ccc(N2CCN(C(=O)Nc3ccc(CN4CCCC4=O)cc3)CC2)cc1. The van der Waals surface area contributed by atoms with Crippen LogP contribution < -0.4 is 15.0 Å². The van der Waals surface area contributed by atoms with E-state index in [-0.39, 0.29) is 11.9 Å². The summed E-state index contributed by atoms with van der Waals surface area (Å²) in [6, 6.07) is 15.7. The average molecular weight is 409 g/mol. The molecule has 0 saturated carbocycles. The molecule has 158 valence electrons. The number of amides is 3. The molecule has 7 nitrogen and oxygen atoms in total. The highest BCUT2D eigenvalue weighted by molar-refractivity contribution is 5.89. The van der Waals surface area contributed by atoms with E-state index in [1.165, 1.54) is 0 Å². The van der Waals surface area contributed by atoms with Crippen LogP contribution in [0.5, 0.6) is 5.75 Å². The van der Waals surface area contributed by atoms with Crippen molar-refractivity contribution in [2.24, 2.45) is 0 Å². The van der Waals surface area contributed by atoms with Crippen LogP contribution in [0.25, 0.3) is 0 Å². The number of hydrogen-bond donors (Lipinski definition) is 1. The molecular formula is C23H28N4O3. The molecule has 0 spiro atoms. The maximum atomic E-state index is 12.6. The van der Waals surface area contributed by atoms with Gasteiger partial charge in [0.05, 0.1) is 7.11 Å². The Balaban J connectivity index is 1.26. The highest BCUT2D eigenvalue weighted by atomic mass is 16.5. The van der Waals surface area contributed by atoms with Crippen LogP contribution in [-0.4, -0.2) is 61.6 Å². The van der Waals surface area contributed by atoms with Crippen LogP contribution in [-0.2, 0) is 11.3 Å². The molecule has 0 radical (unpaired) electrons. The Morgan fingerprint density at radius 3 is 2.27 bits per heavy atom. The molecule has 0 aliphatic carbocycles. The Morgan fingerprint density at radius 2 is 1.67 bits per heavy atom. The van der Waals surface area contributed by atoms with Gasteiger partial charge in [0.2, 0.25) is 5.91 Å². The molecule has 7 heteroatoms. The van der Waals surface area contributed by atoms with Gasteiger partial charge < -0.3 is 24.8 Å². The molecule has 2 aliphatic rings. The van der Waals surface area contributed by atoms with Crippen LogP contribution in [0, 0.1) is 0 Å². The number of nitrogens with one attached hydrogen (secondary N) is 1. The number of rotatable bonds is 5. The van der Waals surface area contributed by atoms with Crippen LogP contribution in [0.4, 0.5) is 16.2 Å². The summed E-state index contributed by atoms with van der Waals surface area (Å²) in [5.41, 5.74) is 2.99. The van der Waals surface area contributed by atoms with Gasteiger partial charge in [-0.1, -0.05) is 12.1 Å². The van der Waals surface area contributed by atoms with E-state index in [4.69, 9.17) is 4.74 Å². The normalized spacial score (nSPS) is 16.7. The number of anilines is 2. The van der Waals surface area contributed by atoms with Crippen molar-refractivity contribution >= 4 is 23.3 Å². The van der Waals surface area contributed by atoms with Crippen molar-refractivity contribution < 1.29 is 14.3 Å². The maximum absolute atomic E-state index is 12.6.